The molecule has 0 aromatic rings. The molecule has 0 aromatic heterocycles. The van der Waals surface area contributed by atoms with Crippen LogP contribution >= 0.6 is 0 Å². The second-order valence-corrected chi connectivity index (χ2v) is 18.8. The number of unbranched alkanes of at least 4 members (excludes halogenated alkanes) is 37. The molecule has 0 rings (SSSR count). The first-order valence-corrected chi connectivity index (χ1v) is 27.9. The first-order valence-electron chi connectivity index (χ1n) is 27.9. The molecule has 0 bridgehead atoms. The predicted octanol–water partition coefficient (Wildman–Crippen LogP) is 18.8. The molecule has 0 radical (unpaired) electrons. The van der Waals surface area contributed by atoms with Crippen LogP contribution in [0.15, 0.2) is 24.3 Å². The molecule has 0 saturated carbocycles. The molecule has 5 nitrogen and oxygen atoms in total. The highest BCUT2D eigenvalue weighted by Crippen LogP contribution is 2.16. The summed E-state index contributed by atoms with van der Waals surface area (Å²) in [5.41, 5.74) is 0. The van der Waals surface area contributed by atoms with E-state index in [0.717, 1.165) is 38.5 Å². The standard InChI is InChI=1S/C57H108O5/c1-4-7-10-13-16-19-22-25-27-29-30-33-35-38-41-44-47-50-56(58)61-54-55(62-57(59)51-48-45-42-39-36-32-24-21-18-15-12-9-6-3)53-60-52-49-46-43-40-37-34-31-28-26-23-20-17-14-11-8-5-2/h25-28,55H,4-24,29-54H2,1-3H3/b27-25-,28-26-. The van der Waals surface area contributed by atoms with Crippen LogP contribution in [0.2, 0.25) is 0 Å². The Morgan fingerprint density at radius 3 is 0.984 bits per heavy atom. The molecule has 0 aromatic carbocycles. The van der Waals surface area contributed by atoms with Gasteiger partial charge in [-0.2, -0.15) is 0 Å². The number of hydrogen-bond donors (Lipinski definition) is 0. The van der Waals surface area contributed by atoms with Crippen molar-refractivity contribution in [3.63, 3.8) is 0 Å². The van der Waals surface area contributed by atoms with Gasteiger partial charge in [0.2, 0.25) is 0 Å². The minimum absolute atomic E-state index is 0.0873. The minimum Gasteiger partial charge on any atom is -0.462 e. The lowest BCUT2D eigenvalue weighted by Crippen LogP contribution is -2.30. The van der Waals surface area contributed by atoms with Crippen LogP contribution in [0.4, 0.5) is 0 Å². The van der Waals surface area contributed by atoms with Crippen LogP contribution in [0.25, 0.3) is 0 Å². The lowest BCUT2D eigenvalue weighted by atomic mass is 10.0. The summed E-state index contributed by atoms with van der Waals surface area (Å²) in [7, 11) is 0. The van der Waals surface area contributed by atoms with Crippen molar-refractivity contribution in [3.8, 4) is 0 Å². The summed E-state index contributed by atoms with van der Waals surface area (Å²) < 4.78 is 17.5. The minimum atomic E-state index is -0.534. The number of carbonyl (C=O) groups is 2. The Labute approximate surface area is 387 Å². The molecule has 62 heavy (non-hydrogen) atoms. The topological polar surface area (TPSA) is 61.8 Å². The third kappa shape index (κ3) is 51.0. The van der Waals surface area contributed by atoms with E-state index in [1.165, 1.54) is 231 Å². The molecule has 5 heteroatoms. The van der Waals surface area contributed by atoms with E-state index in [1.54, 1.807) is 0 Å². The van der Waals surface area contributed by atoms with Gasteiger partial charge in [-0.15, -0.1) is 0 Å². The number of ether oxygens (including phenoxy) is 3. The fourth-order valence-corrected chi connectivity index (χ4v) is 8.27. The summed E-state index contributed by atoms with van der Waals surface area (Å²) in [6.07, 6.45) is 63.3. The molecule has 0 aliphatic rings. The lowest BCUT2D eigenvalue weighted by Gasteiger charge is -2.18. The van der Waals surface area contributed by atoms with Gasteiger partial charge < -0.3 is 14.2 Å². The Hall–Kier alpha value is -1.62. The molecule has 1 atom stereocenters. The molecule has 0 aliphatic heterocycles. The van der Waals surface area contributed by atoms with Crippen molar-refractivity contribution >= 4 is 11.9 Å². The largest absolute Gasteiger partial charge is 0.462 e. The molecule has 0 heterocycles. The van der Waals surface area contributed by atoms with E-state index >= 15 is 0 Å². The highest BCUT2D eigenvalue weighted by molar-refractivity contribution is 5.70. The van der Waals surface area contributed by atoms with Crippen molar-refractivity contribution in [1.82, 2.24) is 0 Å². The fourth-order valence-electron chi connectivity index (χ4n) is 8.27. The van der Waals surface area contributed by atoms with Crippen LogP contribution in [0.3, 0.4) is 0 Å². The van der Waals surface area contributed by atoms with Gasteiger partial charge in [-0.25, -0.2) is 0 Å². The predicted molar refractivity (Wildman–Crippen MR) is 270 cm³/mol. The lowest BCUT2D eigenvalue weighted by molar-refractivity contribution is -0.163. The molecule has 0 aliphatic carbocycles. The zero-order valence-electron chi connectivity index (χ0n) is 42.2. The summed E-state index contributed by atoms with van der Waals surface area (Å²) >= 11 is 0. The molecule has 0 N–H and O–H groups in total. The van der Waals surface area contributed by atoms with Gasteiger partial charge in [0.1, 0.15) is 6.61 Å². The first-order chi connectivity index (χ1) is 30.6. The van der Waals surface area contributed by atoms with Crippen LogP contribution in [0.1, 0.15) is 303 Å². The van der Waals surface area contributed by atoms with Crippen molar-refractivity contribution < 1.29 is 23.8 Å². The quantitative estimate of drug-likeness (QED) is 0.0346. The second kappa shape index (κ2) is 53.7. The summed E-state index contributed by atoms with van der Waals surface area (Å²) in [6.45, 7) is 7.86. The van der Waals surface area contributed by atoms with Crippen LogP contribution in [-0.2, 0) is 23.8 Å². The van der Waals surface area contributed by atoms with E-state index in [0.29, 0.717) is 19.4 Å². The monoisotopic (exact) mass is 873 g/mol. The number of hydrogen-bond acceptors (Lipinski definition) is 5. The Morgan fingerprint density at radius 2 is 0.629 bits per heavy atom. The van der Waals surface area contributed by atoms with Gasteiger partial charge in [-0.3, -0.25) is 9.59 Å². The number of allylic oxidation sites excluding steroid dienone is 4. The molecule has 0 amide bonds. The molecule has 366 valence electrons. The van der Waals surface area contributed by atoms with Gasteiger partial charge in [0, 0.05) is 19.4 Å². The number of esters is 2. The van der Waals surface area contributed by atoms with E-state index in [2.05, 4.69) is 45.1 Å². The third-order valence-electron chi connectivity index (χ3n) is 12.5. The maximum atomic E-state index is 12.8. The molecule has 0 saturated heterocycles. The highest BCUT2D eigenvalue weighted by Gasteiger charge is 2.17. The maximum Gasteiger partial charge on any atom is 0.306 e. The molecular weight excluding hydrogens is 765 g/mol. The average Bonchev–Trinajstić information content (AvgIpc) is 3.27. The Morgan fingerprint density at radius 1 is 0.339 bits per heavy atom. The van der Waals surface area contributed by atoms with Gasteiger partial charge in [-0.1, -0.05) is 244 Å². The van der Waals surface area contributed by atoms with Crippen molar-refractivity contribution in [1.29, 1.82) is 0 Å². The van der Waals surface area contributed by atoms with Gasteiger partial charge in [0.05, 0.1) is 6.61 Å². The highest BCUT2D eigenvalue weighted by atomic mass is 16.6. The van der Waals surface area contributed by atoms with Crippen LogP contribution < -0.4 is 0 Å². The average molecular weight is 873 g/mol. The zero-order chi connectivity index (χ0) is 44.9. The van der Waals surface area contributed by atoms with Crippen LogP contribution in [0.5, 0.6) is 0 Å². The molecule has 1 unspecified atom stereocenters. The van der Waals surface area contributed by atoms with E-state index in [9.17, 15) is 9.59 Å². The second-order valence-electron chi connectivity index (χ2n) is 18.8. The summed E-state index contributed by atoms with van der Waals surface area (Å²) in [5.74, 6) is -0.386. The Balaban J connectivity index is 4.22. The van der Waals surface area contributed by atoms with Gasteiger partial charge in [0.25, 0.3) is 0 Å². The van der Waals surface area contributed by atoms with E-state index < -0.39 is 6.10 Å². The van der Waals surface area contributed by atoms with Crippen LogP contribution in [0, 0.1) is 0 Å². The molecule has 0 fully saturated rings. The van der Waals surface area contributed by atoms with Crippen molar-refractivity contribution in [2.75, 3.05) is 19.8 Å². The van der Waals surface area contributed by atoms with Crippen LogP contribution in [-0.4, -0.2) is 37.9 Å². The summed E-state index contributed by atoms with van der Waals surface area (Å²) in [6, 6.07) is 0. The SMILES string of the molecule is CCCCCCCC/C=C\CCCCCCCCCC(=O)OCC(COCCCCCCCC/C=C\CCCCCCCC)OC(=O)CCCCCCCCCCCCCCC. The summed E-state index contributed by atoms with van der Waals surface area (Å²) in [4.78, 5) is 25.4. The van der Waals surface area contributed by atoms with Gasteiger partial charge >= 0.3 is 11.9 Å². The van der Waals surface area contributed by atoms with Gasteiger partial charge in [0.15, 0.2) is 6.10 Å². The van der Waals surface area contributed by atoms with Crippen molar-refractivity contribution in [2.45, 2.75) is 309 Å². The van der Waals surface area contributed by atoms with E-state index in [1.807, 2.05) is 0 Å². The third-order valence-corrected chi connectivity index (χ3v) is 12.5. The smallest absolute Gasteiger partial charge is 0.306 e. The number of carbonyl (C=O) groups excluding carboxylic acids is 2. The van der Waals surface area contributed by atoms with E-state index in [4.69, 9.17) is 14.2 Å². The maximum absolute atomic E-state index is 12.8. The molecular formula is C57H108O5. The molecule has 0 spiro atoms. The van der Waals surface area contributed by atoms with Crippen molar-refractivity contribution in [2.24, 2.45) is 0 Å². The number of rotatable bonds is 52. The normalized spacial score (nSPS) is 12.2. The van der Waals surface area contributed by atoms with E-state index in [-0.39, 0.29) is 25.2 Å². The summed E-state index contributed by atoms with van der Waals surface area (Å²) in [5, 5.41) is 0. The first kappa shape index (κ1) is 60.4. The fraction of sp³-hybridized carbons (Fsp3) is 0.895. The van der Waals surface area contributed by atoms with Gasteiger partial charge in [-0.05, 0) is 70.6 Å². The Bertz CT molecular complexity index is 943. The van der Waals surface area contributed by atoms with Crippen molar-refractivity contribution in [3.05, 3.63) is 24.3 Å². The Kier molecular flexibility index (Phi) is 52.3. The zero-order valence-corrected chi connectivity index (χ0v) is 42.2.